The van der Waals surface area contributed by atoms with Crippen molar-refractivity contribution in [2.75, 3.05) is 31.1 Å². The number of rotatable bonds is 3. The van der Waals surface area contributed by atoms with Crippen LogP contribution in [0.25, 0.3) is 10.2 Å². The fraction of sp³-hybridized carbons (Fsp3) is 0.278. The maximum absolute atomic E-state index is 12.6. The quantitative estimate of drug-likeness (QED) is 0.749. The maximum atomic E-state index is 12.6. The Morgan fingerprint density at radius 2 is 1.77 bits per heavy atom. The Morgan fingerprint density at radius 1 is 1.04 bits per heavy atom. The number of carbonyl (C=O) groups excluding carboxylic acids is 1. The van der Waals surface area contributed by atoms with Gasteiger partial charge < -0.3 is 14.8 Å². The van der Waals surface area contributed by atoms with Gasteiger partial charge in [-0.3, -0.25) is 9.59 Å². The van der Waals surface area contributed by atoms with E-state index < -0.39 is 11.2 Å². The third-order valence-corrected chi connectivity index (χ3v) is 5.54. The van der Waals surface area contributed by atoms with Crippen LogP contribution in [0, 0.1) is 0 Å². The fourth-order valence-corrected chi connectivity index (χ4v) is 4.00. The van der Waals surface area contributed by atoms with Gasteiger partial charge in [0.15, 0.2) is 0 Å². The summed E-state index contributed by atoms with van der Waals surface area (Å²) in [7, 11) is 0. The second kappa shape index (κ2) is 6.80. The molecule has 0 bridgehead atoms. The summed E-state index contributed by atoms with van der Waals surface area (Å²) in [4.78, 5) is 43.8. The maximum Gasteiger partial charge on any atom is 0.329 e. The molecule has 1 aromatic carbocycles. The zero-order chi connectivity index (χ0) is 18.1. The monoisotopic (exact) mass is 370 g/mol. The van der Waals surface area contributed by atoms with Crippen LogP contribution in [0.3, 0.4) is 0 Å². The van der Waals surface area contributed by atoms with Crippen molar-refractivity contribution in [1.82, 2.24) is 14.5 Å². The van der Waals surface area contributed by atoms with E-state index in [1.807, 2.05) is 30.3 Å². The lowest BCUT2D eigenvalue weighted by atomic mass is 10.2. The molecule has 4 rings (SSSR count). The molecule has 7 nitrogen and oxygen atoms in total. The van der Waals surface area contributed by atoms with Crippen LogP contribution in [0.2, 0.25) is 0 Å². The Balaban J connectivity index is 1.47. The SMILES string of the molecule is O=C(Cn1c(=O)[nH]c2ccsc2c1=O)N1CCN(c2ccccc2)CC1. The highest BCUT2D eigenvalue weighted by Gasteiger charge is 2.22. The highest BCUT2D eigenvalue weighted by molar-refractivity contribution is 7.17. The molecule has 1 aliphatic rings. The molecule has 0 aliphatic carbocycles. The van der Waals surface area contributed by atoms with Gasteiger partial charge in [-0.1, -0.05) is 18.2 Å². The summed E-state index contributed by atoms with van der Waals surface area (Å²) in [6, 6.07) is 11.7. The number of carbonyl (C=O) groups is 1. The number of amides is 1. The summed E-state index contributed by atoms with van der Waals surface area (Å²) in [6.45, 7) is 2.37. The number of benzene rings is 1. The summed E-state index contributed by atoms with van der Waals surface area (Å²) in [5, 5.41) is 1.75. The Hall–Kier alpha value is -2.87. The number of nitrogens with one attached hydrogen (secondary N) is 1. The smallest absolute Gasteiger partial charge is 0.329 e. The summed E-state index contributed by atoms with van der Waals surface area (Å²) in [5.41, 5.74) is 0.702. The zero-order valence-electron chi connectivity index (χ0n) is 14.1. The van der Waals surface area contributed by atoms with E-state index in [9.17, 15) is 14.4 Å². The largest absolute Gasteiger partial charge is 0.368 e. The van der Waals surface area contributed by atoms with Crippen molar-refractivity contribution in [3.05, 3.63) is 62.6 Å². The number of aromatic amines is 1. The van der Waals surface area contributed by atoms with Crippen LogP contribution in [0.5, 0.6) is 0 Å². The molecule has 0 saturated carbocycles. The van der Waals surface area contributed by atoms with Crippen molar-refractivity contribution >= 4 is 33.1 Å². The van der Waals surface area contributed by atoms with Crippen molar-refractivity contribution in [1.29, 1.82) is 0 Å². The van der Waals surface area contributed by atoms with Crippen LogP contribution >= 0.6 is 11.3 Å². The molecule has 1 aliphatic heterocycles. The Bertz CT molecular complexity index is 1050. The average Bonchev–Trinajstić information content (AvgIpc) is 3.14. The molecule has 1 fully saturated rings. The first kappa shape index (κ1) is 16.6. The molecule has 3 aromatic rings. The van der Waals surface area contributed by atoms with Crippen LogP contribution in [0.1, 0.15) is 0 Å². The van der Waals surface area contributed by atoms with E-state index in [4.69, 9.17) is 0 Å². The minimum atomic E-state index is -0.544. The van der Waals surface area contributed by atoms with Crippen molar-refractivity contribution in [2.45, 2.75) is 6.54 Å². The Morgan fingerprint density at radius 3 is 2.50 bits per heavy atom. The van der Waals surface area contributed by atoms with Crippen molar-refractivity contribution in [3.8, 4) is 0 Å². The van der Waals surface area contributed by atoms with Crippen molar-refractivity contribution < 1.29 is 4.79 Å². The van der Waals surface area contributed by atoms with Gasteiger partial charge in [-0.05, 0) is 23.6 Å². The third kappa shape index (κ3) is 3.03. The van der Waals surface area contributed by atoms with E-state index in [1.54, 1.807) is 16.3 Å². The molecule has 0 unspecified atom stereocenters. The van der Waals surface area contributed by atoms with Gasteiger partial charge >= 0.3 is 5.69 Å². The van der Waals surface area contributed by atoms with Gasteiger partial charge in [-0.25, -0.2) is 9.36 Å². The lowest BCUT2D eigenvalue weighted by molar-refractivity contribution is -0.132. The number of hydrogen-bond acceptors (Lipinski definition) is 5. The van der Waals surface area contributed by atoms with Gasteiger partial charge in [0.25, 0.3) is 5.56 Å². The normalized spacial score (nSPS) is 14.8. The number of hydrogen-bond donors (Lipinski definition) is 1. The Labute approximate surface area is 153 Å². The number of aromatic nitrogens is 2. The number of thiophene rings is 1. The summed E-state index contributed by atoms with van der Waals surface area (Å²) in [5.74, 6) is -0.207. The summed E-state index contributed by atoms with van der Waals surface area (Å²) < 4.78 is 1.45. The topological polar surface area (TPSA) is 78.4 Å². The fourth-order valence-electron chi connectivity index (χ4n) is 3.20. The molecule has 3 heterocycles. The van der Waals surface area contributed by atoms with Gasteiger partial charge in [0, 0.05) is 31.9 Å². The second-order valence-corrected chi connectivity index (χ2v) is 7.10. The lowest BCUT2D eigenvalue weighted by Crippen LogP contribution is -2.51. The van der Waals surface area contributed by atoms with Gasteiger partial charge in [-0.15, -0.1) is 11.3 Å². The van der Waals surface area contributed by atoms with Gasteiger partial charge in [0.05, 0.1) is 5.52 Å². The van der Waals surface area contributed by atoms with Gasteiger partial charge in [0.1, 0.15) is 11.2 Å². The second-order valence-electron chi connectivity index (χ2n) is 6.19. The van der Waals surface area contributed by atoms with Gasteiger partial charge in [0.2, 0.25) is 5.91 Å². The van der Waals surface area contributed by atoms with Gasteiger partial charge in [-0.2, -0.15) is 0 Å². The molecular weight excluding hydrogens is 352 g/mol. The number of para-hydroxylation sites is 1. The molecule has 134 valence electrons. The molecular formula is C18H18N4O3S. The highest BCUT2D eigenvalue weighted by atomic mass is 32.1. The number of anilines is 1. The van der Waals surface area contributed by atoms with Crippen LogP contribution in [0.4, 0.5) is 5.69 Å². The molecule has 1 saturated heterocycles. The van der Waals surface area contributed by atoms with Crippen LogP contribution in [0.15, 0.2) is 51.4 Å². The van der Waals surface area contributed by atoms with Crippen LogP contribution < -0.4 is 16.1 Å². The van der Waals surface area contributed by atoms with Crippen molar-refractivity contribution in [3.63, 3.8) is 0 Å². The predicted molar refractivity (Wildman–Crippen MR) is 102 cm³/mol. The predicted octanol–water partition coefficient (Wildman–Crippen LogP) is 1.10. The highest BCUT2D eigenvalue weighted by Crippen LogP contribution is 2.16. The molecule has 1 N–H and O–H groups in total. The third-order valence-electron chi connectivity index (χ3n) is 4.64. The lowest BCUT2D eigenvalue weighted by Gasteiger charge is -2.36. The number of H-pyrrole nitrogens is 1. The molecule has 0 spiro atoms. The average molecular weight is 370 g/mol. The van der Waals surface area contributed by atoms with E-state index in [0.717, 1.165) is 23.3 Å². The first-order valence-corrected chi connectivity index (χ1v) is 9.29. The van der Waals surface area contributed by atoms with E-state index in [-0.39, 0.29) is 12.5 Å². The molecule has 2 aromatic heterocycles. The minimum absolute atomic E-state index is 0.207. The summed E-state index contributed by atoms with van der Waals surface area (Å²) >= 11 is 1.26. The summed E-state index contributed by atoms with van der Waals surface area (Å²) in [6.07, 6.45) is 0. The zero-order valence-corrected chi connectivity index (χ0v) is 14.9. The molecule has 0 atom stereocenters. The molecule has 26 heavy (non-hydrogen) atoms. The van der Waals surface area contributed by atoms with Crippen LogP contribution in [-0.4, -0.2) is 46.5 Å². The molecule has 1 amide bonds. The first-order valence-electron chi connectivity index (χ1n) is 8.41. The number of piperazine rings is 1. The molecule has 0 radical (unpaired) electrons. The van der Waals surface area contributed by atoms with Crippen LogP contribution in [-0.2, 0) is 11.3 Å². The number of fused-ring (bicyclic) bond motifs is 1. The number of nitrogens with zero attached hydrogens (tertiary/aromatic N) is 3. The molecule has 8 heteroatoms. The first-order chi connectivity index (χ1) is 12.6. The standard InChI is InChI=1S/C18H18N4O3S/c23-15(12-22-17(24)16-14(6-11-26-16)19-18(22)25)21-9-7-20(8-10-21)13-4-2-1-3-5-13/h1-6,11H,7-10,12H2,(H,19,25). The Kier molecular flexibility index (Phi) is 4.34. The minimum Gasteiger partial charge on any atom is -0.368 e. The van der Waals surface area contributed by atoms with E-state index >= 15 is 0 Å². The van der Waals surface area contributed by atoms with E-state index in [1.165, 1.54) is 11.3 Å². The van der Waals surface area contributed by atoms with Crippen molar-refractivity contribution in [2.24, 2.45) is 0 Å². The van der Waals surface area contributed by atoms with E-state index in [0.29, 0.717) is 23.3 Å². The van der Waals surface area contributed by atoms with E-state index in [2.05, 4.69) is 9.88 Å².